The maximum Gasteiger partial charge on any atom is 1.00 e. The van der Waals surface area contributed by atoms with Crippen LogP contribution in [0.3, 0.4) is 0 Å². The van der Waals surface area contributed by atoms with Gasteiger partial charge in [0.25, 0.3) is 28.9 Å². The number of nitrogens with zero attached hydrogens (tertiary/aromatic N) is 22. The molecule has 0 aliphatic carbocycles. The van der Waals surface area contributed by atoms with E-state index in [-0.39, 0.29) is 174 Å². The number of likely N-dealkylation sites (N-methyl/N-ethyl adjacent to an activating group) is 4. The van der Waals surface area contributed by atoms with E-state index in [0.29, 0.717) is 85.6 Å². The van der Waals surface area contributed by atoms with Crippen LogP contribution in [0.4, 0.5) is 0 Å². The van der Waals surface area contributed by atoms with Gasteiger partial charge in [0, 0.05) is 173 Å². The number of carbonyl (C=O) groups is 14. The molecule has 0 saturated carbocycles. The molecule has 150 heavy (non-hydrogen) atoms. The van der Waals surface area contributed by atoms with E-state index in [9.17, 15) is 67.1 Å². The van der Waals surface area contributed by atoms with Crippen molar-refractivity contribution in [1.29, 1.82) is 0 Å². The zero-order valence-electron chi connectivity index (χ0n) is 84.3. The molecular formula is C96H135BClLiN28NaO22. The zero-order valence-corrected chi connectivity index (χ0v) is 86.1. The molecule has 5 atom stereocenters. The third kappa shape index (κ3) is 46.1. The summed E-state index contributed by atoms with van der Waals surface area (Å²) < 4.78 is 21.3. The maximum absolute atomic E-state index is 13.0. The first-order valence-corrected chi connectivity index (χ1v) is 46.0. The summed E-state index contributed by atoms with van der Waals surface area (Å²) in [6.07, 6.45) is 17.2. The molecule has 5 aromatic carbocycles. The molecule has 4 aliphatic heterocycles. The average molecular weight is 2110 g/mol. The van der Waals surface area contributed by atoms with Gasteiger partial charge in [0.15, 0.2) is 0 Å². The third-order valence-electron chi connectivity index (χ3n) is 22.5. The molecule has 4 saturated heterocycles. The van der Waals surface area contributed by atoms with Crippen LogP contribution >= 0.6 is 11.6 Å². The standard InChI is InChI=1S/C20H26N6O4.C19H24N6O4.C19H26N6O3.C15H16N4O5.C9H6ClN3O.C6H11NO4.C5H12N2.3CH4.B.Li.Na.H2O.H/c1-24-11-13-25(14-12-24)20(29)17(7-8-18(27)30-2)22-19(28)15-3-5-16(6-4-15)26-10-9-21-23-26;1-23-10-12-24(13-11-23)19(29)16(6-7-17(26)27)21-18(28)14-2-4-15(5-3-14)25-9-8-20-22-25;1-23-10-12-24(13-11-23)19(28)17(3-2-14-26)21-18(27)15-4-6-16(7-5-15)25-9-8-20-22-25;1-24-13(20)7-6-12(15(22)23)17-14(21)10-2-4-11(5-3-10)19-9-8-16-18-19;10-9(14)7-1-3-8(4-2-7)13-6-5-11-12-13;1-11-5(8)3-2-4(7)6(9)10;1-7-4-2-6-3-5-7;;;;;;;;/h3-6,9-10,17H,7-8,11-14H2,1-2H3,(H,22,28);2-5,8-9,16H,6-7,10-13H2,1H3,(H,21,28)(H,26,27);4-9,17,26H,2-3,10-14H2,1H3,(H,21,27);2-5,8-9,12H,6-7H2,1H3,(H,17,21)(H,22,23);1-6H;4H,2-3,7H2,1H3,(H,9,10);6H,2-5H2,1H3;3*1H4;;;;1H2;/q;;;;;;;;;;;2*+1;;-1/p-1/t17-;16-;17-;12-;;4-;;;;;;;;;/m0000.0........./s1. The Bertz CT molecular complexity index is 5650. The predicted octanol–water partition coefficient (Wildman–Crippen LogP) is -3.60. The van der Waals surface area contributed by atoms with Crippen molar-refractivity contribution in [2.24, 2.45) is 5.73 Å². The number of hydrogen-bond acceptors (Lipinski definition) is 35. The number of amides is 7. The van der Waals surface area contributed by atoms with E-state index in [4.69, 9.17) is 37.8 Å². The molecule has 803 valence electrons. The summed E-state index contributed by atoms with van der Waals surface area (Å²) in [6.45, 7) is 13.0. The smallest absolute Gasteiger partial charge is 1.00 e. The SMILES string of the molecule is C.C.C.CN1CCN(C(=O)[C@H](CCC(=O)O)NC(=O)c2ccc(-n3ccnn3)cc2)CC1.CN1CCN(C(=O)[C@H](CCCO)NC(=O)c2ccc(-n3ccnn3)cc2)CC1.CN1CCNCC1.COC(=O)CC[C@H](N)C(=O)O.COC(=O)CC[C@H](NC(=O)c1ccc(-n2ccnn2)cc1)C(=O)N1CCN(C)CC1.COC(=O)CC[C@H](NC(=O)c1ccc(-n2ccnn2)cc1)C(=O)O.O=C(Cl)c1ccc(-n2ccnn2)cc1.[B].[H-].[Li+].[Na+].[OH-]. The molecule has 10 aromatic rings. The summed E-state index contributed by atoms with van der Waals surface area (Å²) in [5, 5.41) is 87.1. The third-order valence-corrected chi connectivity index (χ3v) is 22.7. The number of benzene rings is 5. The van der Waals surface area contributed by atoms with Crippen molar-refractivity contribution in [3.63, 3.8) is 0 Å². The number of methoxy groups -OCH3 is 3. The number of aliphatic hydroxyl groups is 1. The minimum Gasteiger partial charge on any atom is -1.00 e. The number of ether oxygens (including phenoxy) is 3. The van der Waals surface area contributed by atoms with E-state index in [0.717, 1.165) is 75.1 Å². The number of carbonyl (C=O) groups excluding carboxylic acids is 11. The maximum atomic E-state index is 13.0. The van der Waals surface area contributed by atoms with Crippen LogP contribution in [-0.2, 0) is 57.4 Å². The van der Waals surface area contributed by atoms with Crippen molar-refractivity contribution >= 4 is 102 Å². The fraction of sp³-hybridized carbons (Fsp3) is 0.438. The van der Waals surface area contributed by atoms with Crippen molar-refractivity contribution in [3.05, 3.63) is 211 Å². The van der Waals surface area contributed by atoms with Crippen LogP contribution in [0.5, 0.6) is 0 Å². The molecule has 12 N–H and O–H groups in total. The molecule has 14 rings (SSSR count). The Hall–Kier alpha value is -13.8. The number of nitrogens with two attached hydrogens (primary N) is 1. The molecule has 5 aromatic heterocycles. The second kappa shape index (κ2) is 71.8. The topological polar surface area (TPSA) is 640 Å². The average Bonchev–Trinajstić information content (AvgIpc) is 1.77. The van der Waals surface area contributed by atoms with Gasteiger partial charge in [-0.1, -0.05) is 48.3 Å². The number of halogens is 1. The molecule has 0 bridgehead atoms. The van der Waals surface area contributed by atoms with Gasteiger partial charge in [0.2, 0.25) is 17.7 Å². The van der Waals surface area contributed by atoms with Gasteiger partial charge in [0.1, 0.15) is 30.2 Å². The van der Waals surface area contributed by atoms with Crippen LogP contribution in [0.1, 0.15) is 140 Å². The van der Waals surface area contributed by atoms with Gasteiger partial charge < -0.3 is 108 Å². The van der Waals surface area contributed by atoms with Crippen molar-refractivity contribution in [2.75, 3.05) is 161 Å². The molecular weight excluding hydrogens is 1970 g/mol. The summed E-state index contributed by atoms with van der Waals surface area (Å²) in [6, 6.07) is 29.2. The Labute approximate surface area is 912 Å². The molecule has 7 amide bonds. The number of carboxylic acids is 3. The summed E-state index contributed by atoms with van der Waals surface area (Å²) in [5.74, 6) is -6.89. The first-order chi connectivity index (χ1) is 68.7. The Balaban J connectivity index is 0.00000178. The molecule has 50 nitrogen and oxygen atoms in total. The minimum absolute atomic E-state index is 0. The van der Waals surface area contributed by atoms with Crippen LogP contribution in [0.25, 0.3) is 28.4 Å². The van der Waals surface area contributed by atoms with Crippen LogP contribution in [0.15, 0.2) is 183 Å². The van der Waals surface area contributed by atoms with Crippen molar-refractivity contribution in [1.82, 2.24) is 136 Å². The molecule has 0 spiro atoms. The van der Waals surface area contributed by atoms with Gasteiger partial charge in [0.05, 0.1) is 112 Å². The summed E-state index contributed by atoms with van der Waals surface area (Å²) in [4.78, 5) is 179. The number of aliphatic carboxylic acids is 3. The quantitative estimate of drug-likeness (QED) is 0.00806. The largest absolute Gasteiger partial charge is 1.00 e. The van der Waals surface area contributed by atoms with Crippen molar-refractivity contribution in [3.8, 4) is 28.4 Å². The fourth-order valence-corrected chi connectivity index (χ4v) is 14.0. The Morgan fingerprint density at radius 3 is 0.833 bits per heavy atom. The fourth-order valence-electron chi connectivity index (χ4n) is 13.8. The summed E-state index contributed by atoms with van der Waals surface area (Å²) in [7, 11) is 11.9. The van der Waals surface area contributed by atoms with E-state index in [1.54, 1.807) is 211 Å². The number of hydrogen-bond donors (Lipinski definition) is 10. The first-order valence-electron chi connectivity index (χ1n) is 45.6. The van der Waals surface area contributed by atoms with E-state index < -0.39 is 83.1 Å². The van der Waals surface area contributed by atoms with Crippen LogP contribution < -0.4 is 80.7 Å². The molecule has 54 heteroatoms. The van der Waals surface area contributed by atoms with Crippen LogP contribution in [0, 0.1) is 0 Å². The minimum atomic E-state index is -1.22. The number of piperazine rings is 4. The van der Waals surface area contributed by atoms with Gasteiger partial charge in [-0.15, -0.1) is 25.5 Å². The van der Waals surface area contributed by atoms with Gasteiger partial charge in [-0.25, -0.2) is 28.2 Å². The Morgan fingerprint density at radius 1 is 0.373 bits per heavy atom. The molecule has 4 aliphatic rings. The second-order valence-corrected chi connectivity index (χ2v) is 33.1. The van der Waals surface area contributed by atoms with E-state index >= 15 is 0 Å². The summed E-state index contributed by atoms with van der Waals surface area (Å²) in [5.41, 5.74) is 11.0. The van der Waals surface area contributed by atoms with E-state index in [2.05, 4.69) is 119 Å². The number of aliphatic hydroxyl groups excluding tert-OH is 1. The van der Waals surface area contributed by atoms with Crippen LogP contribution in [-0.4, -0.2) is 417 Å². The molecule has 0 unspecified atom stereocenters. The van der Waals surface area contributed by atoms with Gasteiger partial charge in [-0.2, -0.15) is 0 Å². The normalized spacial score (nSPS) is 14.0. The number of carboxylic acid groups (broad SMARTS) is 3. The number of rotatable bonds is 34. The number of aromatic nitrogens is 15. The Kier molecular flexibility index (Phi) is 64.2. The van der Waals surface area contributed by atoms with E-state index in [1.807, 2.05) is 21.1 Å². The molecule has 4 fully saturated rings. The second-order valence-electron chi connectivity index (χ2n) is 32.7. The van der Waals surface area contributed by atoms with Crippen molar-refractivity contribution in [2.45, 2.75) is 117 Å². The number of esters is 3. The number of nitrogens with one attached hydrogen (secondary N) is 5. The first kappa shape index (κ1) is 134. The Morgan fingerprint density at radius 2 is 0.613 bits per heavy atom. The van der Waals surface area contributed by atoms with E-state index in [1.165, 1.54) is 45.3 Å². The predicted molar refractivity (Wildman–Crippen MR) is 544 cm³/mol. The molecule has 3 radical (unpaired) electrons. The zero-order chi connectivity index (χ0) is 104. The van der Waals surface area contributed by atoms with Gasteiger partial charge >= 0.3 is 84.2 Å². The van der Waals surface area contributed by atoms with Gasteiger partial charge in [-0.3, -0.25) is 62.3 Å². The van der Waals surface area contributed by atoms with Crippen molar-refractivity contribution < 1.29 is 157 Å². The monoisotopic (exact) mass is 2110 g/mol. The van der Waals surface area contributed by atoms with Gasteiger partial charge in [-0.05, 0) is 200 Å². The molecule has 9 heterocycles. The summed E-state index contributed by atoms with van der Waals surface area (Å²) >= 11 is 5.31. The van der Waals surface area contributed by atoms with Crippen LogP contribution in [0.2, 0.25) is 0 Å².